The SMILES string of the molecule is CC.CC.CC/C=C(\C=N/CO)c1ccc(CNCC)cn1.C\C=C/C(=C\C=C\CCCCC)C(F)F. The standard InChI is InChI=1S/C14H21N3O.C13H20F2.2C2H6/c1-3-5-13(10-16-11-18)14-7-6-12(9-17-14)8-15-4-2;1-3-5-6-7-8-9-11-12(10-4-2)13(14)15;2*1-2/h5-7,9-10,15,18H,3-4,8,11H2,1-2H3;4,8-11,13H,3,5-7H2,1-2H3;2*1-2H3/b13-5+,16-10-;9-8+,10-4-,12-11+;;. The van der Waals surface area contributed by atoms with Crippen LogP contribution in [0.2, 0.25) is 0 Å². The predicted molar refractivity (Wildman–Crippen MR) is 160 cm³/mol. The van der Waals surface area contributed by atoms with Gasteiger partial charge in [-0.15, -0.1) is 0 Å². The zero-order valence-electron chi connectivity index (χ0n) is 24.6. The second kappa shape index (κ2) is 31.6. The number of hydrogen-bond acceptors (Lipinski definition) is 4. The fraction of sp³-hybridized carbons (Fsp3) is 0.548. The number of aliphatic hydroxyl groups is 1. The molecule has 212 valence electrons. The first kappa shape index (κ1) is 39.1. The molecule has 0 saturated carbocycles. The smallest absolute Gasteiger partial charge is 0.263 e. The van der Waals surface area contributed by atoms with Gasteiger partial charge in [0.25, 0.3) is 6.43 Å². The largest absolute Gasteiger partial charge is 0.375 e. The van der Waals surface area contributed by atoms with Crippen LogP contribution < -0.4 is 5.32 Å². The van der Waals surface area contributed by atoms with E-state index in [1.807, 2.05) is 52.1 Å². The molecule has 0 radical (unpaired) electrons. The third-order valence-corrected chi connectivity index (χ3v) is 4.45. The summed E-state index contributed by atoms with van der Waals surface area (Å²) in [5.41, 5.74) is 3.07. The van der Waals surface area contributed by atoms with Crippen molar-refractivity contribution in [2.75, 3.05) is 13.3 Å². The molecule has 2 N–H and O–H groups in total. The molecule has 0 fully saturated rings. The summed E-state index contributed by atoms with van der Waals surface area (Å²) in [6.45, 7) is 17.6. The molecule has 0 spiro atoms. The number of allylic oxidation sites excluding steroid dienone is 8. The molecule has 0 aliphatic carbocycles. The number of nitrogens with zero attached hydrogens (tertiary/aromatic N) is 2. The van der Waals surface area contributed by atoms with Crippen LogP contribution in [0.3, 0.4) is 0 Å². The van der Waals surface area contributed by atoms with Gasteiger partial charge in [-0.2, -0.15) is 0 Å². The molecule has 6 heteroatoms. The fourth-order valence-corrected chi connectivity index (χ4v) is 2.73. The van der Waals surface area contributed by atoms with Gasteiger partial charge in [0.05, 0.1) is 5.69 Å². The Labute approximate surface area is 226 Å². The Kier molecular flexibility index (Phi) is 33.4. The molecule has 1 aromatic heterocycles. The number of pyridine rings is 1. The lowest BCUT2D eigenvalue weighted by atomic mass is 10.1. The molecule has 1 aromatic rings. The first-order chi connectivity index (χ1) is 18.0. The summed E-state index contributed by atoms with van der Waals surface area (Å²) < 4.78 is 24.7. The number of aliphatic hydroxyl groups excluding tert-OH is 1. The van der Waals surface area contributed by atoms with Crippen LogP contribution in [0, 0.1) is 0 Å². The maximum Gasteiger partial charge on any atom is 0.263 e. The molecule has 37 heavy (non-hydrogen) atoms. The number of aliphatic imine (C=N–C) groups is 1. The number of aromatic nitrogens is 1. The molecule has 1 rings (SSSR count). The van der Waals surface area contributed by atoms with Gasteiger partial charge in [-0.1, -0.05) is 104 Å². The van der Waals surface area contributed by atoms with Crippen molar-refractivity contribution in [3.05, 3.63) is 71.6 Å². The quantitative estimate of drug-likeness (QED) is 0.146. The Hall–Kier alpha value is -2.44. The lowest BCUT2D eigenvalue weighted by molar-refractivity contribution is 0.194. The number of nitrogens with one attached hydrogen (secondary N) is 1. The normalized spacial score (nSPS) is 11.8. The lowest BCUT2D eigenvalue weighted by Gasteiger charge is -2.04. The molecule has 0 aliphatic heterocycles. The molecule has 1 heterocycles. The second-order valence-electron chi connectivity index (χ2n) is 7.24. The van der Waals surface area contributed by atoms with E-state index < -0.39 is 6.43 Å². The highest BCUT2D eigenvalue weighted by atomic mass is 19.3. The summed E-state index contributed by atoms with van der Waals surface area (Å²) in [4.78, 5) is 8.27. The molecule has 0 aromatic carbocycles. The highest BCUT2D eigenvalue weighted by Crippen LogP contribution is 2.12. The van der Waals surface area contributed by atoms with Crippen molar-refractivity contribution < 1.29 is 13.9 Å². The Morgan fingerprint density at radius 3 is 2.30 bits per heavy atom. The number of halogens is 2. The first-order valence-corrected chi connectivity index (χ1v) is 13.8. The average Bonchev–Trinajstić information content (AvgIpc) is 2.94. The lowest BCUT2D eigenvalue weighted by Crippen LogP contribution is -2.11. The van der Waals surface area contributed by atoms with E-state index in [0.717, 1.165) is 49.2 Å². The minimum absolute atomic E-state index is 0.0734. The Bertz CT molecular complexity index is 752. The predicted octanol–water partition coefficient (Wildman–Crippen LogP) is 8.95. The van der Waals surface area contributed by atoms with Crippen molar-refractivity contribution in [3.8, 4) is 0 Å². The molecular formula is C31H53F2N3O. The van der Waals surface area contributed by atoms with Crippen molar-refractivity contribution in [3.63, 3.8) is 0 Å². The van der Waals surface area contributed by atoms with Crippen LogP contribution in [0.15, 0.2) is 65.4 Å². The van der Waals surface area contributed by atoms with Crippen LogP contribution in [0.4, 0.5) is 8.78 Å². The number of alkyl halides is 2. The minimum atomic E-state index is -2.39. The molecule has 0 atom stereocenters. The van der Waals surface area contributed by atoms with Crippen molar-refractivity contribution >= 4 is 11.8 Å². The van der Waals surface area contributed by atoms with Crippen LogP contribution in [-0.2, 0) is 6.54 Å². The van der Waals surface area contributed by atoms with Crippen molar-refractivity contribution in [1.29, 1.82) is 0 Å². The number of hydrogen-bond donors (Lipinski definition) is 2. The highest BCUT2D eigenvalue weighted by molar-refractivity contribution is 6.08. The van der Waals surface area contributed by atoms with E-state index in [2.05, 4.69) is 42.1 Å². The summed E-state index contributed by atoms with van der Waals surface area (Å²) in [6.07, 6.45) is 16.8. The van der Waals surface area contributed by atoms with Crippen LogP contribution in [0.5, 0.6) is 0 Å². The maximum atomic E-state index is 12.4. The van der Waals surface area contributed by atoms with Gasteiger partial charge in [0.15, 0.2) is 0 Å². The van der Waals surface area contributed by atoms with E-state index in [-0.39, 0.29) is 12.3 Å². The van der Waals surface area contributed by atoms with E-state index in [4.69, 9.17) is 5.11 Å². The summed E-state index contributed by atoms with van der Waals surface area (Å²) in [5.74, 6) is 0. The topological polar surface area (TPSA) is 57.5 Å². The van der Waals surface area contributed by atoms with Crippen LogP contribution in [0.1, 0.15) is 98.8 Å². The summed E-state index contributed by atoms with van der Waals surface area (Å²) in [6, 6.07) is 4.04. The van der Waals surface area contributed by atoms with E-state index in [9.17, 15) is 8.78 Å². The molecule has 0 amide bonds. The van der Waals surface area contributed by atoms with Crippen molar-refractivity contribution in [2.24, 2.45) is 4.99 Å². The van der Waals surface area contributed by atoms with Crippen molar-refractivity contribution in [1.82, 2.24) is 10.3 Å². The van der Waals surface area contributed by atoms with Crippen molar-refractivity contribution in [2.45, 2.75) is 100 Å². The van der Waals surface area contributed by atoms with Crippen LogP contribution >= 0.6 is 0 Å². The zero-order chi connectivity index (χ0) is 28.7. The number of rotatable bonds is 14. The molecule has 0 bridgehead atoms. The van der Waals surface area contributed by atoms with Gasteiger partial charge in [-0.3, -0.25) is 9.98 Å². The number of unbranched alkanes of at least 4 members (excludes halogenated alkanes) is 3. The minimum Gasteiger partial charge on any atom is -0.375 e. The maximum absolute atomic E-state index is 12.4. The molecule has 0 unspecified atom stereocenters. The second-order valence-corrected chi connectivity index (χ2v) is 7.24. The molecule has 0 saturated heterocycles. The summed E-state index contributed by atoms with van der Waals surface area (Å²) in [7, 11) is 0. The van der Waals surface area contributed by atoms with E-state index in [1.54, 1.807) is 25.3 Å². The molecule has 4 nitrogen and oxygen atoms in total. The fourth-order valence-electron chi connectivity index (χ4n) is 2.73. The average molecular weight is 522 g/mol. The third kappa shape index (κ3) is 23.7. The van der Waals surface area contributed by atoms with Gasteiger partial charge < -0.3 is 10.4 Å². The molecule has 0 aliphatic rings. The van der Waals surface area contributed by atoms with E-state index >= 15 is 0 Å². The Morgan fingerprint density at radius 2 is 1.81 bits per heavy atom. The Balaban J connectivity index is -0.000000558. The monoisotopic (exact) mass is 521 g/mol. The zero-order valence-corrected chi connectivity index (χ0v) is 24.6. The van der Waals surface area contributed by atoms with E-state index in [1.165, 1.54) is 25.0 Å². The summed E-state index contributed by atoms with van der Waals surface area (Å²) >= 11 is 0. The summed E-state index contributed by atoms with van der Waals surface area (Å²) in [5, 5.41) is 12.0. The van der Waals surface area contributed by atoms with Crippen LogP contribution in [-0.4, -0.2) is 36.0 Å². The van der Waals surface area contributed by atoms with E-state index in [0.29, 0.717) is 0 Å². The molecular weight excluding hydrogens is 468 g/mol. The van der Waals surface area contributed by atoms with Gasteiger partial charge in [0.2, 0.25) is 0 Å². The first-order valence-electron chi connectivity index (χ1n) is 13.8. The van der Waals surface area contributed by atoms with Gasteiger partial charge in [0, 0.05) is 30.1 Å². The van der Waals surface area contributed by atoms with Gasteiger partial charge in [-0.05, 0) is 44.4 Å². The highest BCUT2D eigenvalue weighted by Gasteiger charge is 2.05. The van der Waals surface area contributed by atoms with Gasteiger partial charge in [0.1, 0.15) is 6.73 Å². The Morgan fingerprint density at radius 1 is 1.11 bits per heavy atom. The van der Waals surface area contributed by atoms with Crippen LogP contribution in [0.25, 0.3) is 5.57 Å². The third-order valence-electron chi connectivity index (χ3n) is 4.45. The van der Waals surface area contributed by atoms with Gasteiger partial charge >= 0.3 is 0 Å². The van der Waals surface area contributed by atoms with Gasteiger partial charge in [-0.25, -0.2) is 8.78 Å².